The number of likely N-dealkylation sites (tertiary alicyclic amines) is 2. The van der Waals surface area contributed by atoms with Gasteiger partial charge in [-0.3, -0.25) is 4.90 Å². The zero-order chi connectivity index (χ0) is 17.3. The summed E-state index contributed by atoms with van der Waals surface area (Å²) in [5.41, 5.74) is 0.851. The Kier molecular flexibility index (Phi) is 4.69. The maximum absolute atomic E-state index is 12.4. The van der Waals surface area contributed by atoms with Crippen LogP contribution in [0.15, 0.2) is 10.6 Å². The minimum absolute atomic E-state index is 0.104. The first-order chi connectivity index (χ1) is 12.1. The van der Waals surface area contributed by atoms with Gasteiger partial charge in [0.25, 0.3) is 0 Å². The molecule has 3 fully saturated rings. The highest BCUT2D eigenvalue weighted by atomic mass is 16.5. The summed E-state index contributed by atoms with van der Waals surface area (Å²) in [5, 5.41) is 7.33. The molecule has 0 unspecified atom stereocenters. The Morgan fingerprint density at radius 2 is 2.24 bits per heavy atom. The van der Waals surface area contributed by atoms with E-state index in [-0.39, 0.29) is 17.7 Å². The van der Waals surface area contributed by atoms with Gasteiger partial charge in [-0.25, -0.2) is 4.79 Å². The zero-order valence-electron chi connectivity index (χ0n) is 15.0. The van der Waals surface area contributed by atoms with Crippen molar-refractivity contribution in [2.24, 2.45) is 0 Å². The van der Waals surface area contributed by atoms with Gasteiger partial charge in [0.1, 0.15) is 5.76 Å². The standard InChI is InChI=1S/C18H28N4O3/c1-14-10-16(20-25-14)12-21-8-5-18(13-21)11-15(4-9-24-18)19-17(23)22-6-2-3-7-22/h10,15H,2-9,11-13H2,1H3,(H,19,23)/t15-,18+/m1/s1. The lowest BCUT2D eigenvalue weighted by atomic mass is 9.89. The Bertz CT molecular complexity index is 613. The molecule has 3 saturated heterocycles. The van der Waals surface area contributed by atoms with Gasteiger partial charge in [0.05, 0.1) is 11.3 Å². The molecular formula is C18H28N4O3. The average molecular weight is 348 g/mol. The minimum Gasteiger partial charge on any atom is -0.373 e. The SMILES string of the molecule is Cc1cc(CN2CC[C@]3(C[C@H](NC(=O)N4CCCC4)CCO3)C2)no1. The van der Waals surface area contributed by atoms with Gasteiger partial charge in [-0.05, 0) is 39.0 Å². The minimum atomic E-state index is -0.125. The van der Waals surface area contributed by atoms with E-state index < -0.39 is 0 Å². The molecule has 3 aliphatic rings. The van der Waals surface area contributed by atoms with Gasteiger partial charge < -0.3 is 19.5 Å². The second-order valence-electron chi connectivity index (χ2n) is 7.75. The maximum Gasteiger partial charge on any atom is 0.317 e. The fourth-order valence-electron chi connectivity index (χ4n) is 4.41. The molecule has 0 bridgehead atoms. The highest BCUT2D eigenvalue weighted by Gasteiger charge is 2.43. The molecule has 4 rings (SSSR count). The monoisotopic (exact) mass is 348 g/mol. The quantitative estimate of drug-likeness (QED) is 0.903. The topological polar surface area (TPSA) is 70.8 Å². The molecule has 1 aromatic rings. The Hall–Kier alpha value is -1.60. The lowest BCUT2D eigenvalue weighted by molar-refractivity contribution is -0.0793. The maximum atomic E-state index is 12.4. The predicted octanol–water partition coefficient (Wildman–Crippen LogP) is 1.91. The van der Waals surface area contributed by atoms with E-state index in [0.29, 0.717) is 0 Å². The number of carbonyl (C=O) groups is 1. The van der Waals surface area contributed by atoms with Gasteiger partial charge in [0.2, 0.25) is 0 Å². The molecule has 7 nitrogen and oxygen atoms in total. The van der Waals surface area contributed by atoms with Crippen molar-refractivity contribution in [2.45, 2.75) is 57.2 Å². The van der Waals surface area contributed by atoms with Crippen LogP contribution < -0.4 is 5.32 Å². The number of hydrogen-bond donors (Lipinski definition) is 1. The second kappa shape index (κ2) is 6.96. The van der Waals surface area contributed by atoms with Crippen molar-refractivity contribution in [2.75, 3.05) is 32.8 Å². The van der Waals surface area contributed by atoms with Crippen molar-refractivity contribution in [1.29, 1.82) is 0 Å². The van der Waals surface area contributed by atoms with Gasteiger partial charge in [-0.15, -0.1) is 0 Å². The van der Waals surface area contributed by atoms with Crippen LogP contribution in [0.4, 0.5) is 4.79 Å². The average Bonchev–Trinajstić information content (AvgIpc) is 3.31. The Morgan fingerprint density at radius 1 is 1.40 bits per heavy atom. The number of aryl methyl sites for hydroxylation is 1. The van der Waals surface area contributed by atoms with E-state index in [1.54, 1.807) is 0 Å². The van der Waals surface area contributed by atoms with Crippen molar-refractivity contribution >= 4 is 6.03 Å². The van der Waals surface area contributed by atoms with E-state index in [9.17, 15) is 4.79 Å². The van der Waals surface area contributed by atoms with Crippen molar-refractivity contribution < 1.29 is 14.1 Å². The van der Waals surface area contributed by atoms with Gasteiger partial charge in [-0.1, -0.05) is 5.16 Å². The van der Waals surface area contributed by atoms with Crippen molar-refractivity contribution in [3.8, 4) is 0 Å². The summed E-state index contributed by atoms with van der Waals surface area (Å²) in [5.74, 6) is 0.850. The lowest BCUT2D eigenvalue weighted by Gasteiger charge is -2.39. The molecule has 1 N–H and O–H groups in total. The third-order valence-corrected chi connectivity index (χ3v) is 5.67. The van der Waals surface area contributed by atoms with Crippen LogP contribution >= 0.6 is 0 Å². The van der Waals surface area contributed by atoms with Crippen LogP contribution in [0.5, 0.6) is 0 Å². The summed E-state index contributed by atoms with van der Waals surface area (Å²) < 4.78 is 11.3. The molecule has 25 heavy (non-hydrogen) atoms. The van der Waals surface area contributed by atoms with Crippen LogP contribution in [-0.2, 0) is 11.3 Å². The number of aromatic nitrogens is 1. The smallest absolute Gasteiger partial charge is 0.317 e. The number of carbonyl (C=O) groups excluding carboxylic acids is 1. The first kappa shape index (κ1) is 16.8. The molecule has 4 heterocycles. The molecule has 1 aromatic heterocycles. The number of hydrogen-bond acceptors (Lipinski definition) is 5. The van der Waals surface area contributed by atoms with Crippen LogP contribution in [0.3, 0.4) is 0 Å². The first-order valence-corrected chi connectivity index (χ1v) is 9.46. The van der Waals surface area contributed by atoms with Gasteiger partial charge >= 0.3 is 6.03 Å². The summed E-state index contributed by atoms with van der Waals surface area (Å²) >= 11 is 0. The number of ether oxygens (including phenoxy) is 1. The molecule has 2 amide bonds. The molecular weight excluding hydrogens is 320 g/mol. The van der Waals surface area contributed by atoms with Crippen molar-refractivity contribution in [1.82, 2.24) is 20.3 Å². The first-order valence-electron chi connectivity index (χ1n) is 9.46. The van der Waals surface area contributed by atoms with Crippen LogP contribution in [-0.4, -0.2) is 65.4 Å². The van der Waals surface area contributed by atoms with E-state index in [4.69, 9.17) is 9.26 Å². The van der Waals surface area contributed by atoms with Gasteiger partial charge in [0, 0.05) is 51.4 Å². The molecule has 3 aliphatic heterocycles. The van der Waals surface area contributed by atoms with Crippen molar-refractivity contribution in [3.05, 3.63) is 17.5 Å². The van der Waals surface area contributed by atoms with Gasteiger partial charge in [0.15, 0.2) is 0 Å². The van der Waals surface area contributed by atoms with E-state index in [1.807, 2.05) is 17.9 Å². The lowest BCUT2D eigenvalue weighted by Crippen LogP contribution is -2.52. The van der Waals surface area contributed by atoms with E-state index in [2.05, 4.69) is 15.4 Å². The molecule has 0 saturated carbocycles. The van der Waals surface area contributed by atoms with E-state index in [0.717, 1.165) is 82.9 Å². The molecule has 0 aromatic carbocycles. The molecule has 1 spiro atoms. The highest BCUT2D eigenvalue weighted by molar-refractivity contribution is 5.74. The van der Waals surface area contributed by atoms with Gasteiger partial charge in [-0.2, -0.15) is 0 Å². The fourth-order valence-corrected chi connectivity index (χ4v) is 4.41. The third-order valence-electron chi connectivity index (χ3n) is 5.67. The highest BCUT2D eigenvalue weighted by Crippen LogP contribution is 2.35. The molecule has 138 valence electrons. The number of nitrogens with zero attached hydrogens (tertiary/aromatic N) is 3. The Labute approximate surface area is 148 Å². The Balaban J connectivity index is 1.32. The fraction of sp³-hybridized carbons (Fsp3) is 0.778. The van der Waals surface area contributed by atoms with Crippen LogP contribution in [0.2, 0.25) is 0 Å². The summed E-state index contributed by atoms with van der Waals surface area (Å²) in [6, 6.07) is 2.31. The largest absolute Gasteiger partial charge is 0.373 e. The summed E-state index contributed by atoms with van der Waals surface area (Å²) in [6.07, 6.45) is 5.08. The van der Waals surface area contributed by atoms with Crippen LogP contribution in [0.1, 0.15) is 43.6 Å². The normalized spacial score (nSPS) is 30.3. The summed E-state index contributed by atoms with van der Waals surface area (Å²) in [4.78, 5) is 16.7. The molecule has 0 radical (unpaired) electrons. The number of amides is 2. The zero-order valence-corrected chi connectivity index (χ0v) is 15.0. The predicted molar refractivity (Wildman–Crippen MR) is 92.2 cm³/mol. The third kappa shape index (κ3) is 3.82. The molecule has 7 heteroatoms. The molecule has 0 aliphatic carbocycles. The number of nitrogens with one attached hydrogen (secondary N) is 1. The van der Waals surface area contributed by atoms with Crippen LogP contribution in [0.25, 0.3) is 0 Å². The van der Waals surface area contributed by atoms with E-state index in [1.165, 1.54) is 0 Å². The summed E-state index contributed by atoms with van der Waals surface area (Å²) in [6.45, 7) is 7.12. The van der Waals surface area contributed by atoms with E-state index >= 15 is 0 Å². The Morgan fingerprint density at radius 3 is 3.00 bits per heavy atom. The van der Waals surface area contributed by atoms with Crippen LogP contribution in [0, 0.1) is 6.92 Å². The summed E-state index contributed by atoms with van der Waals surface area (Å²) in [7, 11) is 0. The second-order valence-corrected chi connectivity index (χ2v) is 7.75. The number of rotatable bonds is 3. The molecule has 2 atom stereocenters. The van der Waals surface area contributed by atoms with Crippen molar-refractivity contribution in [3.63, 3.8) is 0 Å². The number of urea groups is 1.